The molecule has 2 atom stereocenters. The maximum Gasteiger partial charge on any atom is 0.270 e. The third-order valence-corrected chi connectivity index (χ3v) is 5.29. The van der Waals surface area contributed by atoms with Crippen molar-refractivity contribution in [3.05, 3.63) is 47.5 Å². The molecule has 0 aliphatic carbocycles. The van der Waals surface area contributed by atoms with E-state index in [1.807, 2.05) is 4.90 Å². The van der Waals surface area contributed by atoms with Gasteiger partial charge in [-0.05, 0) is 37.3 Å². The predicted molar refractivity (Wildman–Crippen MR) is 92.2 cm³/mol. The molecule has 2 aliphatic heterocycles. The summed E-state index contributed by atoms with van der Waals surface area (Å²) in [5.74, 6) is -0.203. The van der Waals surface area contributed by atoms with Crippen molar-refractivity contribution in [2.24, 2.45) is 0 Å². The third-order valence-electron chi connectivity index (χ3n) is 5.29. The third kappa shape index (κ3) is 3.08. The van der Waals surface area contributed by atoms with Gasteiger partial charge in [-0.2, -0.15) is 5.10 Å². The van der Waals surface area contributed by atoms with Gasteiger partial charge in [-0.25, -0.2) is 0 Å². The van der Waals surface area contributed by atoms with Crippen LogP contribution in [0.25, 0.3) is 0 Å². The number of carbonyl (C=O) groups is 2. The van der Waals surface area contributed by atoms with Crippen LogP contribution in [0.3, 0.4) is 0 Å². The van der Waals surface area contributed by atoms with Gasteiger partial charge in [0.2, 0.25) is 0 Å². The van der Waals surface area contributed by atoms with Gasteiger partial charge in [-0.1, -0.05) is 6.07 Å². The summed E-state index contributed by atoms with van der Waals surface area (Å²) in [5, 5.41) is 18.6. The number of aromatic nitrogens is 3. The van der Waals surface area contributed by atoms with Crippen molar-refractivity contribution in [1.29, 1.82) is 0 Å². The fraction of sp³-hybridized carbons (Fsp3) is 0.444. The SMILES string of the molecule is O=C(NC1CC2CCC(C1)N2C(=O)c1cn[nH]c1)c1ccc(CO)cn1. The first-order valence-corrected chi connectivity index (χ1v) is 8.84. The molecule has 8 nitrogen and oxygen atoms in total. The zero-order valence-corrected chi connectivity index (χ0v) is 14.3. The Hall–Kier alpha value is -2.74. The average molecular weight is 355 g/mol. The predicted octanol–water partition coefficient (Wildman–Crippen LogP) is 0.863. The molecule has 2 amide bonds. The van der Waals surface area contributed by atoms with E-state index in [1.54, 1.807) is 24.5 Å². The number of H-pyrrole nitrogens is 1. The Balaban J connectivity index is 1.40. The molecule has 2 aliphatic rings. The highest BCUT2D eigenvalue weighted by atomic mass is 16.3. The molecule has 26 heavy (non-hydrogen) atoms. The molecule has 4 rings (SSSR count). The number of nitrogens with zero attached hydrogens (tertiary/aromatic N) is 3. The molecule has 2 aromatic heterocycles. The van der Waals surface area contributed by atoms with E-state index in [-0.39, 0.29) is 36.5 Å². The van der Waals surface area contributed by atoms with Crippen molar-refractivity contribution >= 4 is 11.8 Å². The molecule has 0 aromatic carbocycles. The zero-order chi connectivity index (χ0) is 18.1. The lowest BCUT2D eigenvalue weighted by molar-refractivity contribution is 0.0549. The molecular formula is C18H21N5O3. The van der Waals surface area contributed by atoms with Gasteiger partial charge in [0.15, 0.2) is 0 Å². The van der Waals surface area contributed by atoms with Crippen LogP contribution in [0, 0.1) is 0 Å². The van der Waals surface area contributed by atoms with Crippen molar-refractivity contribution in [3.8, 4) is 0 Å². The number of fused-ring (bicyclic) bond motifs is 2. The number of nitrogens with one attached hydrogen (secondary N) is 2. The smallest absolute Gasteiger partial charge is 0.270 e. The number of pyridine rings is 1. The Morgan fingerprint density at radius 1 is 1.23 bits per heavy atom. The van der Waals surface area contributed by atoms with Gasteiger partial charge >= 0.3 is 0 Å². The Bertz CT molecular complexity index is 776. The van der Waals surface area contributed by atoms with Gasteiger partial charge in [-0.15, -0.1) is 0 Å². The van der Waals surface area contributed by atoms with Gasteiger partial charge in [0.1, 0.15) is 5.69 Å². The van der Waals surface area contributed by atoms with E-state index in [2.05, 4.69) is 20.5 Å². The summed E-state index contributed by atoms with van der Waals surface area (Å²) in [7, 11) is 0. The van der Waals surface area contributed by atoms with E-state index in [0.717, 1.165) is 25.7 Å². The van der Waals surface area contributed by atoms with Crippen LogP contribution in [0.4, 0.5) is 0 Å². The highest BCUT2D eigenvalue weighted by Gasteiger charge is 2.44. The standard InChI is InChI=1S/C18H21N5O3/c24-10-11-1-4-16(19-7-11)17(25)22-13-5-14-2-3-15(6-13)23(14)18(26)12-8-20-21-9-12/h1,4,7-9,13-15,24H,2-3,5-6,10H2,(H,20,21)(H,22,25). The summed E-state index contributed by atoms with van der Waals surface area (Å²) in [4.78, 5) is 31.2. The van der Waals surface area contributed by atoms with Crippen LogP contribution >= 0.6 is 0 Å². The van der Waals surface area contributed by atoms with Crippen LogP contribution in [-0.2, 0) is 6.61 Å². The second-order valence-electron chi connectivity index (χ2n) is 6.94. The quantitative estimate of drug-likeness (QED) is 0.753. The van der Waals surface area contributed by atoms with Crippen LogP contribution in [-0.4, -0.2) is 55.1 Å². The van der Waals surface area contributed by atoms with Gasteiger partial charge in [0, 0.05) is 30.5 Å². The lowest BCUT2D eigenvalue weighted by Crippen LogP contribution is -2.52. The second kappa shape index (κ2) is 6.87. The molecule has 2 unspecified atom stereocenters. The van der Waals surface area contributed by atoms with Crippen molar-refractivity contribution < 1.29 is 14.7 Å². The number of hydrogen-bond donors (Lipinski definition) is 3. The van der Waals surface area contributed by atoms with E-state index in [4.69, 9.17) is 5.11 Å². The first-order chi connectivity index (χ1) is 12.7. The molecule has 0 spiro atoms. The van der Waals surface area contributed by atoms with Crippen molar-refractivity contribution in [2.75, 3.05) is 0 Å². The number of aliphatic hydroxyl groups excluding tert-OH is 1. The van der Waals surface area contributed by atoms with Crippen LogP contribution in [0.5, 0.6) is 0 Å². The molecule has 0 saturated carbocycles. The Kier molecular flexibility index (Phi) is 4.42. The molecule has 2 aromatic rings. The van der Waals surface area contributed by atoms with Gasteiger partial charge in [0.25, 0.3) is 11.8 Å². The Labute approximate surface area is 150 Å². The summed E-state index contributed by atoms with van der Waals surface area (Å²) < 4.78 is 0. The van der Waals surface area contributed by atoms with Gasteiger partial charge in [0.05, 0.1) is 18.4 Å². The number of aromatic amines is 1. The number of amides is 2. The molecule has 2 fully saturated rings. The molecule has 2 bridgehead atoms. The topological polar surface area (TPSA) is 111 Å². The van der Waals surface area contributed by atoms with Crippen LogP contribution in [0.15, 0.2) is 30.7 Å². The highest BCUT2D eigenvalue weighted by molar-refractivity contribution is 5.94. The molecule has 2 saturated heterocycles. The maximum absolute atomic E-state index is 12.7. The van der Waals surface area contributed by atoms with E-state index in [1.165, 1.54) is 6.20 Å². The molecule has 8 heteroatoms. The number of piperidine rings is 1. The van der Waals surface area contributed by atoms with Crippen molar-refractivity contribution in [3.63, 3.8) is 0 Å². The lowest BCUT2D eigenvalue weighted by atomic mass is 9.96. The summed E-state index contributed by atoms with van der Waals surface area (Å²) in [5.41, 5.74) is 1.59. The normalized spacial score (nSPS) is 24.5. The van der Waals surface area contributed by atoms with E-state index >= 15 is 0 Å². The lowest BCUT2D eigenvalue weighted by Gasteiger charge is -2.39. The molecule has 136 valence electrons. The minimum absolute atomic E-state index is 0.0114. The van der Waals surface area contributed by atoms with Crippen molar-refractivity contribution in [2.45, 2.75) is 50.4 Å². The molecule has 0 radical (unpaired) electrons. The average Bonchev–Trinajstić information content (AvgIpc) is 3.28. The van der Waals surface area contributed by atoms with E-state index < -0.39 is 0 Å². The largest absolute Gasteiger partial charge is 0.392 e. The minimum Gasteiger partial charge on any atom is -0.392 e. The fourth-order valence-electron chi connectivity index (χ4n) is 4.06. The first kappa shape index (κ1) is 16.7. The number of rotatable bonds is 4. The van der Waals surface area contributed by atoms with Crippen LogP contribution in [0.1, 0.15) is 52.1 Å². The molecular weight excluding hydrogens is 334 g/mol. The second-order valence-corrected chi connectivity index (χ2v) is 6.94. The summed E-state index contributed by atoms with van der Waals surface area (Å²) in [6.07, 6.45) is 8.11. The van der Waals surface area contributed by atoms with Gasteiger partial charge < -0.3 is 15.3 Å². The van der Waals surface area contributed by atoms with E-state index in [9.17, 15) is 9.59 Å². The van der Waals surface area contributed by atoms with E-state index in [0.29, 0.717) is 16.8 Å². The van der Waals surface area contributed by atoms with Crippen LogP contribution < -0.4 is 5.32 Å². The minimum atomic E-state index is -0.214. The molecule has 3 N–H and O–H groups in total. The molecule has 4 heterocycles. The maximum atomic E-state index is 12.7. The first-order valence-electron chi connectivity index (χ1n) is 8.84. The highest BCUT2D eigenvalue weighted by Crippen LogP contribution is 2.36. The monoisotopic (exact) mass is 355 g/mol. The number of hydrogen-bond acceptors (Lipinski definition) is 5. The Morgan fingerprint density at radius 3 is 2.58 bits per heavy atom. The van der Waals surface area contributed by atoms with Crippen molar-refractivity contribution in [1.82, 2.24) is 25.4 Å². The Morgan fingerprint density at radius 2 is 2.00 bits per heavy atom. The summed E-state index contributed by atoms with van der Waals surface area (Å²) in [6, 6.07) is 3.63. The summed E-state index contributed by atoms with van der Waals surface area (Å²) >= 11 is 0. The zero-order valence-electron chi connectivity index (χ0n) is 14.3. The summed E-state index contributed by atoms with van der Waals surface area (Å²) in [6.45, 7) is -0.0958. The number of carbonyl (C=O) groups excluding carboxylic acids is 2. The van der Waals surface area contributed by atoms with Crippen LogP contribution in [0.2, 0.25) is 0 Å². The van der Waals surface area contributed by atoms with Gasteiger partial charge in [-0.3, -0.25) is 19.7 Å². The fourth-order valence-corrected chi connectivity index (χ4v) is 4.06. The number of aliphatic hydroxyl groups is 1.